The Morgan fingerprint density at radius 3 is 2.33 bits per heavy atom. The molecular weight excluding hydrogens is 228 g/mol. The van der Waals surface area contributed by atoms with Gasteiger partial charge < -0.3 is 20.9 Å². The lowest BCUT2D eigenvalue weighted by molar-refractivity contribution is -0.120. The predicted octanol–water partition coefficient (Wildman–Crippen LogP) is 0.114. The van der Waals surface area contributed by atoms with Crippen molar-refractivity contribution in [2.45, 2.75) is 32.7 Å². The Balaban J connectivity index is 3.92. The fourth-order valence-corrected chi connectivity index (χ4v) is 1.94. The fourth-order valence-electron chi connectivity index (χ4n) is 1.94. The Kier molecular flexibility index (Phi) is 9.92. The van der Waals surface area contributed by atoms with E-state index in [0.717, 1.165) is 45.6 Å². The smallest absolute Gasteiger partial charge is 0.234 e. The maximum absolute atomic E-state index is 11.2. The van der Waals surface area contributed by atoms with Crippen LogP contribution in [0.1, 0.15) is 26.7 Å². The molecule has 0 saturated heterocycles. The molecule has 5 nitrogen and oxygen atoms in total. The number of primary amides is 1. The van der Waals surface area contributed by atoms with Crippen LogP contribution in [-0.4, -0.2) is 68.6 Å². The molecule has 0 fully saturated rings. The molecule has 1 unspecified atom stereocenters. The fraction of sp³-hybridized carbons (Fsp3) is 0.923. The van der Waals surface area contributed by atoms with Gasteiger partial charge in [0.15, 0.2) is 0 Å². The summed E-state index contributed by atoms with van der Waals surface area (Å²) in [6, 6.07) is -0.196. The first kappa shape index (κ1) is 17.4. The highest BCUT2D eigenvalue weighted by Gasteiger charge is 2.14. The summed E-state index contributed by atoms with van der Waals surface area (Å²) in [4.78, 5) is 15.8. The zero-order chi connectivity index (χ0) is 14.0. The van der Waals surface area contributed by atoms with Crippen LogP contribution in [0.3, 0.4) is 0 Å². The van der Waals surface area contributed by atoms with E-state index in [-0.39, 0.29) is 11.9 Å². The lowest BCUT2D eigenvalue weighted by atomic mass is 10.2. The summed E-state index contributed by atoms with van der Waals surface area (Å²) in [7, 11) is 4.18. The van der Waals surface area contributed by atoms with E-state index in [0.29, 0.717) is 0 Å². The first-order chi connectivity index (χ1) is 8.51. The van der Waals surface area contributed by atoms with Crippen molar-refractivity contribution < 1.29 is 4.79 Å². The van der Waals surface area contributed by atoms with Crippen molar-refractivity contribution in [3.05, 3.63) is 0 Å². The summed E-state index contributed by atoms with van der Waals surface area (Å²) in [5, 5.41) is 3.13. The second-order valence-corrected chi connectivity index (χ2v) is 4.89. The number of hydrogen-bond donors (Lipinski definition) is 2. The highest BCUT2D eigenvalue weighted by molar-refractivity contribution is 5.79. The van der Waals surface area contributed by atoms with Gasteiger partial charge in [-0.2, -0.15) is 0 Å². The van der Waals surface area contributed by atoms with Gasteiger partial charge in [-0.1, -0.05) is 13.8 Å². The van der Waals surface area contributed by atoms with Crippen LogP contribution in [0.15, 0.2) is 0 Å². The molecule has 5 heteroatoms. The van der Waals surface area contributed by atoms with E-state index < -0.39 is 0 Å². The topological polar surface area (TPSA) is 61.6 Å². The third kappa shape index (κ3) is 8.44. The minimum atomic E-state index is -0.249. The number of carbonyl (C=O) groups excluding carboxylic acids is 1. The lowest BCUT2D eigenvalue weighted by Crippen LogP contribution is -2.43. The number of rotatable bonds is 11. The van der Waals surface area contributed by atoms with Crippen LogP contribution in [0.5, 0.6) is 0 Å². The van der Waals surface area contributed by atoms with Crippen molar-refractivity contribution in [2.75, 3.05) is 46.8 Å². The van der Waals surface area contributed by atoms with E-state index in [2.05, 4.69) is 36.1 Å². The molecule has 0 radical (unpaired) electrons. The minimum absolute atomic E-state index is 0.196. The Bertz CT molecular complexity index is 221. The third-order valence-corrected chi connectivity index (χ3v) is 3.05. The summed E-state index contributed by atoms with van der Waals surface area (Å²) in [6.45, 7) is 9.04. The highest BCUT2D eigenvalue weighted by atomic mass is 16.1. The molecule has 0 spiro atoms. The summed E-state index contributed by atoms with van der Waals surface area (Å²) in [5.41, 5.74) is 5.36. The molecule has 0 aliphatic heterocycles. The van der Waals surface area contributed by atoms with Gasteiger partial charge in [0.25, 0.3) is 0 Å². The van der Waals surface area contributed by atoms with Crippen LogP contribution in [0, 0.1) is 0 Å². The van der Waals surface area contributed by atoms with Crippen molar-refractivity contribution in [3.8, 4) is 0 Å². The molecule has 1 amide bonds. The molecule has 3 N–H and O–H groups in total. The van der Waals surface area contributed by atoms with E-state index in [1.807, 2.05) is 6.92 Å². The van der Waals surface area contributed by atoms with Gasteiger partial charge in [-0.3, -0.25) is 4.79 Å². The maximum Gasteiger partial charge on any atom is 0.234 e. The van der Waals surface area contributed by atoms with Crippen LogP contribution in [0.25, 0.3) is 0 Å². The van der Waals surface area contributed by atoms with Crippen molar-refractivity contribution in [1.29, 1.82) is 0 Å². The van der Waals surface area contributed by atoms with Crippen molar-refractivity contribution in [1.82, 2.24) is 15.1 Å². The number of nitrogens with one attached hydrogen (secondary N) is 1. The monoisotopic (exact) mass is 258 g/mol. The van der Waals surface area contributed by atoms with E-state index in [1.165, 1.54) is 0 Å². The molecule has 0 aromatic rings. The molecule has 0 aromatic carbocycles. The SMILES string of the molecule is CCNC(CCN(CC)CCCN(C)C)C(N)=O. The van der Waals surface area contributed by atoms with Gasteiger partial charge in [0.2, 0.25) is 5.91 Å². The molecule has 0 heterocycles. The second kappa shape index (κ2) is 10.3. The third-order valence-electron chi connectivity index (χ3n) is 3.05. The molecule has 1 atom stereocenters. The number of likely N-dealkylation sites (N-methyl/N-ethyl adjacent to an activating group) is 1. The van der Waals surface area contributed by atoms with Crippen LogP contribution < -0.4 is 11.1 Å². The van der Waals surface area contributed by atoms with Crippen LogP contribution in [0.2, 0.25) is 0 Å². The first-order valence-electron chi connectivity index (χ1n) is 6.91. The van der Waals surface area contributed by atoms with Crippen LogP contribution in [0.4, 0.5) is 0 Å². The van der Waals surface area contributed by atoms with E-state index >= 15 is 0 Å². The van der Waals surface area contributed by atoms with E-state index in [4.69, 9.17) is 5.73 Å². The number of amides is 1. The molecular formula is C13H30N4O. The Morgan fingerprint density at radius 2 is 1.89 bits per heavy atom. The number of nitrogens with zero attached hydrogens (tertiary/aromatic N) is 2. The van der Waals surface area contributed by atoms with Crippen LogP contribution >= 0.6 is 0 Å². The maximum atomic E-state index is 11.2. The normalized spacial score (nSPS) is 13.2. The first-order valence-corrected chi connectivity index (χ1v) is 6.91. The quantitative estimate of drug-likeness (QED) is 0.552. The molecule has 18 heavy (non-hydrogen) atoms. The summed E-state index contributed by atoms with van der Waals surface area (Å²) >= 11 is 0. The van der Waals surface area contributed by atoms with Gasteiger partial charge in [0, 0.05) is 6.54 Å². The van der Waals surface area contributed by atoms with Gasteiger partial charge in [-0.25, -0.2) is 0 Å². The summed E-state index contributed by atoms with van der Waals surface area (Å²) < 4.78 is 0. The van der Waals surface area contributed by atoms with Crippen molar-refractivity contribution in [3.63, 3.8) is 0 Å². The van der Waals surface area contributed by atoms with E-state index in [1.54, 1.807) is 0 Å². The second-order valence-electron chi connectivity index (χ2n) is 4.89. The van der Waals surface area contributed by atoms with Gasteiger partial charge in [-0.05, 0) is 53.1 Å². The lowest BCUT2D eigenvalue weighted by Gasteiger charge is -2.23. The molecule has 108 valence electrons. The molecule has 0 bridgehead atoms. The number of hydrogen-bond acceptors (Lipinski definition) is 4. The summed E-state index contributed by atoms with van der Waals surface area (Å²) in [5.74, 6) is -0.249. The van der Waals surface area contributed by atoms with Gasteiger partial charge in [0.05, 0.1) is 6.04 Å². The van der Waals surface area contributed by atoms with Gasteiger partial charge in [-0.15, -0.1) is 0 Å². The molecule has 0 saturated carbocycles. The molecule has 0 aliphatic rings. The average molecular weight is 258 g/mol. The molecule has 0 aromatic heterocycles. The van der Waals surface area contributed by atoms with E-state index in [9.17, 15) is 4.79 Å². The standard InChI is InChI=1S/C13H30N4O/c1-5-15-12(13(14)18)8-11-17(6-2)10-7-9-16(3)4/h12,15H,5-11H2,1-4H3,(H2,14,18). The Morgan fingerprint density at radius 1 is 1.22 bits per heavy atom. The van der Waals surface area contributed by atoms with Crippen molar-refractivity contribution in [2.24, 2.45) is 5.73 Å². The van der Waals surface area contributed by atoms with Gasteiger partial charge >= 0.3 is 0 Å². The minimum Gasteiger partial charge on any atom is -0.368 e. The highest BCUT2D eigenvalue weighted by Crippen LogP contribution is 1.98. The molecule has 0 rings (SSSR count). The largest absolute Gasteiger partial charge is 0.368 e. The zero-order valence-corrected chi connectivity index (χ0v) is 12.4. The van der Waals surface area contributed by atoms with Crippen molar-refractivity contribution >= 4 is 5.91 Å². The zero-order valence-electron chi connectivity index (χ0n) is 12.4. The average Bonchev–Trinajstić information content (AvgIpc) is 2.31. The molecule has 0 aliphatic carbocycles. The predicted molar refractivity (Wildman–Crippen MR) is 76.6 cm³/mol. The Labute approximate surface area is 112 Å². The van der Waals surface area contributed by atoms with Gasteiger partial charge in [0.1, 0.15) is 0 Å². The number of carbonyl (C=O) groups is 1. The summed E-state index contributed by atoms with van der Waals surface area (Å²) in [6.07, 6.45) is 1.95. The number of nitrogens with two attached hydrogens (primary N) is 1. The van der Waals surface area contributed by atoms with Crippen LogP contribution in [-0.2, 0) is 4.79 Å². The Hall–Kier alpha value is -0.650.